The third-order valence-electron chi connectivity index (χ3n) is 5.43. The molecule has 3 rings (SSSR count). The number of hydrogen-bond donors (Lipinski definition) is 2. The normalized spacial score (nSPS) is 13.8. The van der Waals surface area contributed by atoms with E-state index in [2.05, 4.69) is 27.4 Å². The van der Waals surface area contributed by atoms with Gasteiger partial charge in [0.2, 0.25) is 5.88 Å². The molecule has 30 heavy (non-hydrogen) atoms. The summed E-state index contributed by atoms with van der Waals surface area (Å²) in [6.07, 6.45) is 6.86. The molecule has 7 heteroatoms. The highest BCUT2D eigenvalue weighted by atomic mass is 16.5. The number of nitrogens with zero attached hydrogens (tertiary/aromatic N) is 2. The van der Waals surface area contributed by atoms with Crippen LogP contribution in [0.1, 0.15) is 61.3 Å². The molecule has 7 nitrogen and oxygen atoms in total. The van der Waals surface area contributed by atoms with Crippen LogP contribution >= 0.6 is 0 Å². The summed E-state index contributed by atoms with van der Waals surface area (Å²) >= 11 is 0. The summed E-state index contributed by atoms with van der Waals surface area (Å²) in [7, 11) is 1.52. The molecule has 0 aromatic carbocycles. The highest BCUT2D eigenvalue weighted by molar-refractivity contribution is 5.80. The van der Waals surface area contributed by atoms with Gasteiger partial charge in [-0.3, -0.25) is 9.59 Å². The minimum Gasteiger partial charge on any atom is -0.481 e. The minimum atomic E-state index is -0.921. The number of ketones is 1. The van der Waals surface area contributed by atoms with Crippen LogP contribution in [0.15, 0.2) is 30.5 Å². The summed E-state index contributed by atoms with van der Waals surface area (Å²) in [6, 6.07) is 7.69. The van der Waals surface area contributed by atoms with Gasteiger partial charge in [0.1, 0.15) is 11.6 Å². The fraction of sp³-hybridized carbons (Fsp3) is 0.478. The number of aliphatic carboxylic acids is 1. The van der Waals surface area contributed by atoms with E-state index in [9.17, 15) is 14.7 Å². The lowest BCUT2D eigenvalue weighted by molar-refractivity contribution is -0.137. The number of carboxylic acids is 1. The number of aromatic nitrogens is 2. The Labute approximate surface area is 176 Å². The summed E-state index contributed by atoms with van der Waals surface area (Å²) in [4.78, 5) is 32.5. The molecule has 0 aliphatic carbocycles. The summed E-state index contributed by atoms with van der Waals surface area (Å²) < 4.78 is 5.04. The molecule has 0 fully saturated rings. The molecule has 0 saturated heterocycles. The van der Waals surface area contributed by atoms with Gasteiger partial charge in [-0.1, -0.05) is 12.1 Å². The maximum atomic E-state index is 12.5. The molecule has 2 aromatic heterocycles. The van der Waals surface area contributed by atoms with Crippen LogP contribution in [0.5, 0.6) is 5.88 Å². The number of fused-ring (bicyclic) bond motifs is 1. The van der Waals surface area contributed by atoms with Crippen molar-refractivity contribution in [2.24, 2.45) is 0 Å². The molecule has 0 unspecified atom stereocenters. The smallest absolute Gasteiger partial charge is 0.303 e. The molecule has 160 valence electrons. The molecule has 0 saturated carbocycles. The van der Waals surface area contributed by atoms with Crippen LogP contribution in [0.3, 0.4) is 0 Å². The van der Waals surface area contributed by atoms with Crippen molar-refractivity contribution in [3.63, 3.8) is 0 Å². The van der Waals surface area contributed by atoms with Crippen molar-refractivity contribution < 1.29 is 19.4 Å². The first kappa shape index (κ1) is 21.7. The molecule has 2 aromatic rings. The van der Waals surface area contributed by atoms with Crippen molar-refractivity contribution in [3.05, 3.63) is 47.3 Å². The molecule has 2 N–H and O–H groups in total. The molecule has 0 amide bonds. The average Bonchev–Trinajstić information content (AvgIpc) is 2.76. The Balaban J connectivity index is 1.47. The van der Waals surface area contributed by atoms with E-state index in [-0.39, 0.29) is 24.5 Å². The Hall–Kier alpha value is -2.96. The number of nitrogens with one attached hydrogen (secondary N) is 1. The Morgan fingerprint density at radius 2 is 2.07 bits per heavy atom. The van der Waals surface area contributed by atoms with Crippen LogP contribution in [0.25, 0.3) is 0 Å². The first-order valence-electron chi connectivity index (χ1n) is 10.5. The van der Waals surface area contributed by atoms with Crippen LogP contribution in [0.2, 0.25) is 0 Å². The molecule has 0 bridgehead atoms. The number of rotatable bonds is 11. The number of methoxy groups -OCH3 is 1. The molecule has 1 aliphatic heterocycles. The van der Waals surface area contributed by atoms with Crippen LogP contribution in [-0.4, -0.2) is 40.5 Å². The zero-order chi connectivity index (χ0) is 21.3. The number of ether oxygens (including phenoxy) is 1. The summed E-state index contributed by atoms with van der Waals surface area (Å²) in [5.41, 5.74) is 3.07. The van der Waals surface area contributed by atoms with E-state index in [1.807, 2.05) is 0 Å². The maximum Gasteiger partial charge on any atom is 0.303 e. The Morgan fingerprint density at radius 1 is 1.20 bits per heavy atom. The number of carboxylic acid groups (broad SMARTS) is 1. The number of aryl methyl sites for hydroxylation is 2. The first-order valence-corrected chi connectivity index (χ1v) is 10.5. The van der Waals surface area contributed by atoms with E-state index in [1.54, 1.807) is 18.3 Å². The van der Waals surface area contributed by atoms with Crippen molar-refractivity contribution in [1.82, 2.24) is 9.97 Å². The van der Waals surface area contributed by atoms with Crippen molar-refractivity contribution >= 4 is 17.6 Å². The highest BCUT2D eigenvalue weighted by Crippen LogP contribution is 2.26. The van der Waals surface area contributed by atoms with E-state index in [0.717, 1.165) is 55.7 Å². The van der Waals surface area contributed by atoms with E-state index < -0.39 is 5.97 Å². The first-order chi connectivity index (χ1) is 14.5. The lowest BCUT2D eigenvalue weighted by atomic mass is 9.90. The van der Waals surface area contributed by atoms with Gasteiger partial charge in [-0.15, -0.1) is 0 Å². The van der Waals surface area contributed by atoms with Gasteiger partial charge in [0, 0.05) is 43.3 Å². The second kappa shape index (κ2) is 10.7. The zero-order valence-electron chi connectivity index (χ0n) is 17.4. The topological polar surface area (TPSA) is 101 Å². The van der Waals surface area contributed by atoms with Crippen molar-refractivity contribution in [1.29, 1.82) is 0 Å². The Kier molecular flexibility index (Phi) is 7.76. The molecule has 0 radical (unpaired) electrons. The zero-order valence-corrected chi connectivity index (χ0v) is 17.4. The predicted octanol–water partition coefficient (Wildman–Crippen LogP) is 3.77. The van der Waals surface area contributed by atoms with Crippen LogP contribution in [-0.2, 0) is 22.4 Å². The molecule has 1 aliphatic rings. The number of carbonyl (C=O) groups excluding carboxylic acids is 1. The van der Waals surface area contributed by atoms with Crippen LogP contribution in [0, 0.1) is 0 Å². The minimum absolute atomic E-state index is 0.0807. The molecular weight excluding hydrogens is 382 g/mol. The van der Waals surface area contributed by atoms with Gasteiger partial charge in [0.15, 0.2) is 0 Å². The largest absolute Gasteiger partial charge is 0.481 e. The molecule has 3 heterocycles. The van der Waals surface area contributed by atoms with Gasteiger partial charge in [-0.2, -0.15) is 0 Å². The van der Waals surface area contributed by atoms with Crippen LogP contribution < -0.4 is 10.1 Å². The summed E-state index contributed by atoms with van der Waals surface area (Å²) in [5, 5.41) is 12.6. The maximum absolute atomic E-state index is 12.5. The van der Waals surface area contributed by atoms with Gasteiger partial charge in [-0.05, 0) is 49.3 Å². The van der Waals surface area contributed by atoms with Crippen LogP contribution in [0.4, 0.5) is 5.82 Å². The van der Waals surface area contributed by atoms with Crippen molar-refractivity contribution in [3.8, 4) is 5.88 Å². The SMILES string of the molecule is COc1ccc([C@@H](CC(=O)O)CC(=O)CCCCc2ccc3c(n2)NCCC3)cn1. The van der Waals surface area contributed by atoms with Gasteiger partial charge in [-0.25, -0.2) is 9.97 Å². The molecular formula is C23H29N3O4. The van der Waals surface area contributed by atoms with Gasteiger partial charge in [0.25, 0.3) is 0 Å². The highest BCUT2D eigenvalue weighted by Gasteiger charge is 2.20. The summed E-state index contributed by atoms with van der Waals surface area (Å²) in [6.45, 7) is 0.971. The van der Waals surface area contributed by atoms with Gasteiger partial charge >= 0.3 is 5.97 Å². The van der Waals surface area contributed by atoms with Crippen molar-refractivity contribution in [2.45, 2.75) is 57.3 Å². The molecule has 0 spiro atoms. The number of anilines is 1. The quantitative estimate of drug-likeness (QED) is 0.543. The predicted molar refractivity (Wildman–Crippen MR) is 114 cm³/mol. The third kappa shape index (κ3) is 6.27. The lowest BCUT2D eigenvalue weighted by Crippen LogP contribution is -2.14. The number of hydrogen-bond acceptors (Lipinski definition) is 6. The number of unbranched alkanes of at least 4 members (excludes halogenated alkanes) is 1. The lowest BCUT2D eigenvalue weighted by Gasteiger charge is -2.17. The van der Waals surface area contributed by atoms with E-state index in [4.69, 9.17) is 4.74 Å². The number of carbonyl (C=O) groups is 2. The summed E-state index contributed by atoms with van der Waals surface area (Å²) in [5.74, 6) is 0.249. The van der Waals surface area contributed by atoms with Gasteiger partial charge < -0.3 is 15.2 Å². The fourth-order valence-corrected chi connectivity index (χ4v) is 3.79. The van der Waals surface area contributed by atoms with E-state index >= 15 is 0 Å². The fourth-order valence-electron chi connectivity index (χ4n) is 3.79. The van der Waals surface area contributed by atoms with E-state index in [1.165, 1.54) is 12.7 Å². The second-order valence-electron chi connectivity index (χ2n) is 7.72. The Morgan fingerprint density at radius 3 is 2.80 bits per heavy atom. The Bertz CT molecular complexity index is 867. The standard InChI is InChI=1S/C23H29N3O4/c1-30-21-11-9-17(15-25-21)18(14-22(28)29)13-20(27)7-3-2-6-19-10-8-16-5-4-12-24-23(16)26-19/h8-11,15,18H,2-7,12-14H2,1H3,(H,24,26)(H,28,29)/t18-/m1/s1. The monoisotopic (exact) mass is 411 g/mol. The van der Waals surface area contributed by atoms with Gasteiger partial charge in [0.05, 0.1) is 13.5 Å². The average molecular weight is 412 g/mol. The number of pyridine rings is 2. The second-order valence-corrected chi connectivity index (χ2v) is 7.72. The van der Waals surface area contributed by atoms with E-state index in [0.29, 0.717) is 12.3 Å². The van der Waals surface area contributed by atoms with Crippen molar-refractivity contribution in [2.75, 3.05) is 19.0 Å². The molecule has 1 atom stereocenters. The number of Topliss-reactive ketones (excluding diaryl/α,β-unsaturated/α-hetero) is 1. The third-order valence-corrected chi connectivity index (χ3v) is 5.43.